The largest absolute Gasteiger partial charge is 0.481 e. The van der Waals surface area contributed by atoms with Crippen molar-refractivity contribution in [1.82, 2.24) is 5.32 Å². The molecule has 1 amide bonds. The number of unbranched alkanes of at least 4 members (excludes halogenated alkanes) is 5. The van der Waals surface area contributed by atoms with Crippen LogP contribution in [0.15, 0.2) is 182 Å². The van der Waals surface area contributed by atoms with E-state index in [1.54, 1.807) is 0 Å². The molecular weight excluding hydrogens is 1270 g/mol. The van der Waals surface area contributed by atoms with Crippen LogP contribution in [-0.2, 0) is 135 Å². The lowest BCUT2D eigenvalue weighted by Crippen LogP contribution is -2.69. The number of carboxylic acid groups (broad SMARTS) is 1. The van der Waals surface area contributed by atoms with Gasteiger partial charge in [-0.2, -0.15) is 0 Å². The van der Waals surface area contributed by atoms with Gasteiger partial charge in [0.15, 0.2) is 31.1 Å². The Balaban J connectivity index is 1.13. The van der Waals surface area contributed by atoms with Gasteiger partial charge in [0.1, 0.15) is 67.6 Å². The molecule has 0 bridgehead atoms. The molecule has 0 aromatic heterocycles. The first-order valence-corrected chi connectivity index (χ1v) is 34.0. The Hall–Kier alpha value is -7.81. The third-order valence-electron chi connectivity index (χ3n) is 16.9. The van der Waals surface area contributed by atoms with Crippen LogP contribution in [0.4, 0.5) is 0 Å². The Morgan fingerprint density at radius 1 is 0.364 bits per heavy atom. The van der Waals surface area contributed by atoms with E-state index in [0.717, 1.165) is 59.1 Å². The number of amides is 1. The van der Waals surface area contributed by atoms with Gasteiger partial charge in [-0.25, -0.2) is 0 Å². The maximum Gasteiger partial charge on any atom is 0.303 e. The number of aliphatic carboxylic acids is 1. The molecule has 22 heteroatoms. The van der Waals surface area contributed by atoms with Crippen molar-refractivity contribution in [2.24, 2.45) is 0 Å². The molecule has 6 aromatic rings. The van der Waals surface area contributed by atoms with Gasteiger partial charge in [-0.15, -0.1) is 0 Å². The van der Waals surface area contributed by atoms with E-state index in [1.807, 2.05) is 182 Å². The van der Waals surface area contributed by atoms with Crippen LogP contribution in [-0.4, -0.2) is 153 Å². The number of esters is 3. The van der Waals surface area contributed by atoms with Crippen molar-refractivity contribution in [3.05, 3.63) is 215 Å². The number of hydrogen-bond donors (Lipinski definition) is 2. The van der Waals surface area contributed by atoms with E-state index in [2.05, 4.69) is 5.32 Å². The molecule has 0 saturated carbocycles. The Morgan fingerprint density at radius 2 is 0.737 bits per heavy atom. The highest BCUT2D eigenvalue weighted by molar-refractivity contribution is 5.73. The van der Waals surface area contributed by atoms with Gasteiger partial charge in [0.25, 0.3) is 0 Å². The topological polar surface area (TPSA) is 256 Å². The lowest BCUT2D eigenvalue weighted by Gasteiger charge is -2.50. The molecule has 22 nitrogen and oxygen atoms in total. The standard InChI is InChI=1S/C77H93NO21/c1-52(79)78-66-70(89-45-58-33-19-11-20-34-58)68(94-54(3)81)62(49-85-43-56-29-15-9-16-30-56)96-75(66)99-74-72(91-47-60-37-23-13-24-38-60)69(95-55(4)82)64(50-87-53(2)80)98-77(74)93-51-63-67(88-44-57-31-17-10-18-32-57)71(90-46-59-35-21-12-22-36-59)73(92-48-61-39-25-14-26-40-61)76(97-63)86-42-28-8-6-5-7-27-41-65(83)84/h9-26,29-40,62-64,66-77H,5-8,27-28,41-51H2,1-4H3,(H,78,79)(H,83,84)/t62?,63?,64-,66?,67-,68-,69-,70?,71?,72?,73?,74?,75+,76-,77+/m1/s1. The van der Waals surface area contributed by atoms with Crippen LogP contribution < -0.4 is 5.32 Å². The molecule has 0 spiro atoms. The fraction of sp³-hybridized carbons (Fsp3) is 0.468. The van der Waals surface area contributed by atoms with Crippen molar-refractivity contribution in [2.75, 3.05) is 26.4 Å². The van der Waals surface area contributed by atoms with Gasteiger partial charge in [0, 0.05) is 40.7 Å². The monoisotopic (exact) mass is 1370 g/mol. The number of carboxylic acids is 1. The number of rotatable bonds is 39. The molecule has 3 fully saturated rings. The Bertz CT molecular complexity index is 3320. The average molecular weight is 1370 g/mol. The van der Waals surface area contributed by atoms with Gasteiger partial charge >= 0.3 is 23.9 Å². The summed E-state index contributed by atoms with van der Waals surface area (Å²) in [7, 11) is 0. The molecule has 15 atom stereocenters. The predicted octanol–water partition coefficient (Wildman–Crippen LogP) is 10.5. The maximum atomic E-state index is 13.7. The second kappa shape index (κ2) is 40.4. The Labute approximate surface area is 579 Å². The third kappa shape index (κ3) is 24.5. The minimum absolute atomic E-state index is 0.0128. The highest BCUT2D eigenvalue weighted by atomic mass is 16.8. The van der Waals surface area contributed by atoms with Crippen LogP contribution in [0.1, 0.15) is 106 Å². The van der Waals surface area contributed by atoms with Crippen LogP contribution in [0.25, 0.3) is 0 Å². The smallest absolute Gasteiger partial charge is 0.303 e. The molecule has 0 aliphatic carbocycles. The maximum absolute atomic E-state index is 13.7. The third-order valence-corrected chi connectivity index (χ3v) is 16.9. The number of carbonyl (C=O) groups is 5. The number of carbonyl (C=O) groups excluding carboxylic acids is 4. The molecule has 532 valence electrons. The van der Waals surface area contributed by atoms with Crippen molar-refractivity contribution in [2.45, 2.75) is 204 Å². The molecule has 3 aliphatic rings. The minimum atomic E-state index is -1.58. The van der Waals surface area contributed by atoms with Crippen LogP contribution >= 0.6 is 0 Å². The van der Waals surface area contributed by atoms with E-state index in [-0.39, 0.29) is 65.9 Å². The fourth-order valence-electron chi connectivity index (χ4n) is 12.1. The fourth-order valence-corrected chi connectivity index (χ4v) is 12.1. The second-order valence-corrected chi connectivity index (χ2v) is 24.7. The van der Waals surface area contributed by atoms with E-state index < -0.39 is 128 Å². The molecular formula is C77H93NO21. The van der Waals surface area contributed by atoms with Crippen molar-refractivity contribution in [1.29, 1.82) is 0 Å². The lowest BCUT2D eigenvalue weighted by atomic mass is 9.94. The summed E-state index contributed by atoms with van der Waals surface area (Å²) in [5.41, 5.74) is 4.95. The molecule has 3 aliphatic heterocycles. The summed E-state index contributed by atoms with van der Waals surface area (Å²) in [5, 5.41) is 12.2. The van der Waals surface area contributed by atoms with E-state index >= 15 is 0 Å². The van der Waals surface area contributed by atoms with E-state index in [1.165, 1.54) is 27.7 Å². The molecule has 3 saturated heterocycles. The molecule has 9 rings (SSSR count). The van der Waals surface area contributed by atoms with Gasteiger partial charge in [0.2, 0.25) is 5.91 Å². The summed E-state index contributed by atoms with van der Waals surface area (Å²) in [6.07, 6.45) is -12.5. The number of nitrogens with one attached hydrogen (secondary N) is 1. The van der Waals surface area contributed by atoms with Gasteiger partial charge in [0.05, 0.1) is 52.9 Å². The number of benzene rings is 6. The summed E-state index contributed by atoms with van der Waals surface area (Å²) in [5.74, 6) is -3.39. The van der Waals surface area contributed by atoms with Crippen molar-refractivity contribution in [3.8, 4) is 0 Å². The summed E-state index contributed by atoms with van der Waals surface area (Å²) in [6.45, 7) is 4.74. The molecule has 8 unspecified atom stereocenters. The molecule has 2 N–H and O–H groups in total. The molecule has 99 heavy (non-hydrogen) atoms. The second-order valence-electron chi connectivity index (χ2n) is 24.7. The van der Waals surface area contributed by atoms with E-state index in [9.17, 15) is 29.1 Å². The van der Waals surface area contributed by atoms with E-state index in [0.29, 0.717) is 12.8 Å². The summed E-state index contributed by atoms with van der Waals surface area (Å²) in [6, 6.07) is 55.8. The first-order chi connectivity index (χ1) is 48.2. The van der Waals surface area contributed by atoms with Crippen molar-refractivity contribution < 1.29 is 100 Å². The SMILES string of the molecule is CC(=O)NC1C(OCc2ccccc2)[C@H](OC(C)=O)C(COCc2ccccc2)O[C@H]1OC1C(OCc2ccccc2)[C@H](OC(C)=O)[C@@H](COC(C)=O)O[C@@H]1OCC1O[C@@H](OCCCCCCCCC(=O)O)C(OCc2ccccc2)C(OCc2ccccc2)[C@@H]1OCc1ccccc1. The highest BCUT2D eigenvalue weighted by Crippen LogP contribution is 2.38. The van der Waals surface area contributed by atoms with Crippen LogP contribution in [0.3, 0.4) is 0 Å². The Kier molecular flexibility index (Phi) is 30.8. The predicted molar refractivity (Wildman–Crippen MR) is 359 cm³/mol. The Morgan fingerprint density at radius 3 is 1.19 bits per heavy atom. The van der Waals surface area contributed by atoms with Crippen LogP contribution in [0.5, 0.6) is 0 Å². The first kappa shape index (κ1) is 75.4. The highest BCUT2D eigenvalue weighted by Gasteiger charge is 2.57. The zero-order valence-corrected chi connectivity index (χ0v) is 56.6. The summed E-state index contributed by atoms with van der Waals surface area (Å²) in [4.78, 5) is 64.5. The quantitative estimate of drug-likeness (QED) is 0.0207. The molecule has 3 heterocycles. The summed E-state index contributed by atoms with van der Waals surface area (Å²) >= 11 is 0. The van der Waals surface area contributed by atoms with Gasteiger partial charge in [-0.1, -0.05) is 208 Å². The lowest BCUT2D eigenvalue weighted by molar-refractivity contribution is -0.372. The zero-order valence-electron chi connectivity index (χ0n) is 56.6. The van der Waals surface area contributed by atoms with Crippen molar-refractivity contribution >= 4 is 29.8 Å². The van der Waals surface area contributed by atoms with Gasteiger partial charge < -0.3 is 81.5 Å². The normalized spacial score (nSPS) is 25.2. The minimum Gasteiger partial charge on any atom is -0.481 e. The average Bonchev–Trinajstić information content (AvgIpc) is 0.772. The van der Waals surface area contributed by atoms with Crippen molar-refractivity contribution in [3.63, 3.8) is 0 Å². The molecule has 0 radical (unpaired) electrons. The zero-order chi connectivity index (χ0) is 69.6. The van der Waals surface area contributed by atoms with E-state index in [4.69, 9.17) is 71.1 Å². The number of ether oxygens (including phenoxy) is 15. The summed E-state index contributed by atoms with van der Waals surface area (Å²) < 4.78 is 101. The first-order valence-electron chi connectivity index (χ1n) is 34.0. The number of hydrogen-bond acceptors (Lipinski definition) is 20. The van der Waals surface area contributed by atoms with Gasteiger partial charge in [-0.05, 0) is 46.2 Å². The van der Waals surface area contributed by atoms with Crippen LogP contribution in [0.2, 0.25) is 0 Å². The molecule has 6 aromatic carbocycles. The van der Waals surface area contributed by atoms with Crippen LogP contribution in [0, 0.1) is 0 Å². The van der Waals surface area contributed by atoms with Gasteiger partial charge in [-0.3, -0.25) is 24.0 Å².